The van der Waals surface area contributed by atoms with Crippen molar-refractivity contribution in [3.63, 3.8) is 0 Å². The van der Waals surface area contributed by atoms with Gasteiger partial charge in [0.2, 0.25) is 0 Å². The SMILES string of the molecule is CCC(CC)CC(C)(O)CCNC. The van der Waals surface area contributed by atoms with Gasteiger partial charge in [-0.2, -0.15) is 0 Å². The minimum Gasteiger partial charge on any atom is -0.390 e. The molecule has 0 radical (unpaired) electrons. The molecule has 2 N–H and O–H groups in total. The lowest BCUT2D eigenvalue weighted by Crippen LogP contribution is -2.31. The smallest absolute Gasteiger partial charge is 0.0634 e. The third-order valence-corrected chi connectivity index (χ3v) is 2.80. The molecule has 0 aliphatic rings. The van der Waals surface area contributed by atoms with Gasteiger partial charge < -0.3 is 10.4 Å². The molecular formula is C11H25NO. The van der Waals surface area contributed by atoms with Crippen molar-refractivity contribution in [2.24, 2.45) is 5.92 Å². The van der Waals surface area contributed by atoms with Crippen LogP contribution in [0, 0.1) is 5.92 Å². The average Bonchev–Trinajstić information content (AvgIpc) is 2.11. The second kappa shape index (κ2) is 6.39. The van der Waals surface area contributed by atoms with E-state index in [1.54, 1.807) is 0 Å². The Morgan fingerprint density at radius 1 is 1.31 bits per heavy atom. The van der Waals surface area contributed by atoms with Crippen LogP contribution in [0.1, 0.15) is 46.5 Å². The minimum atomic E-state index is -0.486. The molecule has 0 spiro atoms. The van der Waals surface area contributed by atoms with Crippen LogP contribution in [0.25, 0.3) is 0 Å². The van der Waals surface area contributed by atoms with Crippen molar-refractivity contribution < 1.29 is 5.11 Å². The molecule has 0 aliphatic carbocycles. The summed E-state index contributed by atoms with van der Waals surface area (Å²) in [6.07, 6.45) is 4.13. The van der Waals surface area contributed by atoms with E-state index in [0.717, 1.165) is 19.4 Å². The molecule has 0 saturated carbocycles. The predicted octanol–water partition coefficient (Wildman–Crippen LogP) is 2.17. The summed E-state index contributed by atoms with van der Waals surface area (Å²) in [5.74, 6) is 0.673. The van der Waals surface area contributed by atoms with Crippen molar-refractivity contribution in [1.82, 2.24) is 5.32 Å². The summed E-state index contributed by atoms with van der Waals surface area (Å²) in [5, 5.41) is 13.1. The maximum Gasteiger partial charge on any atom is 0.0634 e. The lowest BCUT2D eigenvalue weighted by molar-refractivity contribution is 0.0248. The van der Waals surface area contributed by atoms with Crippen LogP contribution in [-0.2, 0) is 0 Å². The molecule has 1 unspecified atom stereocenters. The maximum absolute atomic E-state index is 10.0. The van der Waals surface area contributed by atoms with Gasteiger partial charge in [0.1, 0.15) is 0 Å². The van der Waals surface area contributed by atoms with Crippen LogP contribution in [0.3, 0.4) is 0 Å². The summed E-state index contributed by atoms with van der Waals surface area (Å²) in [6, 6.07) is 0. The average molecular weight is 187 g/mol. The molecule has 1 atom stereocenters. The molecule has 2 heteroatoms. The lowest BCUT2D eigenvalue weighted by atomic mass is 9.86. The largest absolute Gasteiger partial charge is 0.390 e. The fraction of sp³-hybridized carbons (Fsp3) is 1.00. The molecule has 0 fully saturated rings. The summed E-state index contributed by atoms with van der Waals surface area (Å²) in [6.45, 7) is 7.24. The van der Waals surface area contributed by atoms with E-state index in [2.05, 4.69) is 19.2 Å². The monoisotopic (exact) mass is 187 g/mol. The summed E-state index contributed by atoms with van der Waals surface area (Å²) < 4.78 is 0. The maximum atomic E-state index is 10.0. The van der Waals surface area contributed by atoms with Crippen molar-refractivity contribution in [2.75, 3.05) is 13.6 Å². The standard InChI is InChI=1S/C11H25NO/c1-5-10(6-2)9-11(3,13)7-8-12-4/h10,12-13H,5-9H2,1-4H3. The van der Waals surface area contributed by atoms with Crippen molar-refractivity contribution in [1.29, 1.82) is 0 Å². The van der Waals surface area contributed by atoms with Crippen LogP contribution in [0.4, 0.5) is 0 Å². The Balaban J connectivity index is 3.83. The van der Waals surface area contributed by atoms with Crippen molar-refractivity contribution >= 4 is 0 Å². The molecule has 80 valence electrons. The summed E-state index contributed by atoms with van der Waals surface area (Å²) in [4.78, 5) is 0. The highest BCUT2D eigenvalue weighted by Gasteiger charge is 2.22. The molecule has 0 aromatic rings. The Kier molecular flexibility index (Phi) is 6.35. The lowest BCUT2D eigenvalue weighted by Gasteiger charge is -2.27. The zero-order valence-electron chi connectivity index (χ0n) is 9.56. The van der Waals surface area contributed by atoms with Crippen LogP contribution in [0.5, 0.6) is 0 Å². The first-order chi connectivity index (χ1) is 6.05. The third kappa shape index (κ3) is 6.05. The summed E-state index contributed by atoms with van der Waals surface area (Å²) in [7, 11) is 1.92. The van der Waals surface area contributed by atoms with Crippen molar-refractivity contribution in [3.05, 3.63) is 0 Å². The normalized spacial score (nSPS) is 16.2. The van der Waals surface area contributed by atoms with E-state index in [1.807, 2.05) is 14.0 Å². The Morgan fingerprint density at radius 3 is 2.23 bits per heavy atom. The first-order valence-corrected chi connectivity index (χ1v) is 5.42. The Bertz CT molecular complexity index is 119. The minimum absolute atomic E-state index is 0.486. The molecule has 0 aromatic carbocycles. The molecule has 0 aliphatic heterocycles. The van der Waals surface area contributed by atoms with E-state index >= 15 is 0 Å². The van der Waals surface area contributed by atoms with Crippen LogP contribution < -0.4 is 5.32 Å². The number of rotatable bonds is 7. The van der Waals surface area contributed by atoms with Crippen LogP contribution in [0.2, 0.25) is 0 Å². The Labute approximate surface area is 82.7 Å². The highest BCUT2D eigenvalue weighted by Crippen LogP contribution is 2.24. The summed E-state index contributed by atoms with van der Waals surface area (Å²) in [5.41, 5.74) is -0.486. The highest BCUT2D eigenvalue weighted by molar-refractivity contribution is 4.76. The highest BCUT2D eigenvalue weighted by atomic mass is 16.3. The van der Waals surface area contributed by atoms with E-state index in [4.69, 9.17) is 0 Å². The van der Waals surface area contributed by atoms with E-state index in [0.29, 0.717) is 5.92 Å². The molecule has 0 rings (SSSR count). The molecule has 13 heavy (non-hydrogen) atoms. The van der Waals surface area contributed by atoms with Crippen LogP contribution in [0.15, 0.2) is 0 Å². The van der Waals surface area contributed by atoms with Gasteiger partial charge in [-0.3, -0.25) is 0 Å². The van der Waals surface area contributed by atoms with Crippen LogP contribution in [-0.4, -0.2) is 24.3 Å². The second-order valence-electron chi connectivity index (χ2n) is 4.24. The van der Waals surface area contributed by atoms with Gasteiger partial charge in [-0.25, -0.2) is 0 Å². The zero-order chi connectivity index (χ0) is 10.3. The van der Waals surface area contributed by atoms with E-state index in [1.165, 1.54) is 12.8 Å². The number of hydrogen-bond donors (Lipinski definition) is 2. The molecule has 2 nitrogen and oxygen atoms in total. The number of aliphatic hydroxyl groups is 1. The first-order valence-electron chi connectivity index (χ1n) is 5.42. The molecule has 0 bridgehead atoms. The van der Waals surface area contributed by atoms with E-state index in [-0.39, 0.29) is 0 Å². The van der Waals surface area contributed by atoms with Gasteiger partial charge in [0.25, 0.3) is 0 Å². The van der Waals surface area contributed by atoms with Gasteiger partial charge in [-0.1, -0.05) is 26.7 Å². The molecule has 0 saturated heterocycles. The quantitative estimate of drug-likeness (QED) is 0.640. The number of hydrogen-bond acceptors (Lipinski definition) is 2. The van der Waals surface area contributed by atoms with E-state index in [9.17, 15) is 5.11 Å². The predicted molar refractivity (Wildman–Crippen MR) is 57.9 cm³/mol. The first kappa shape index (κ1) is 12.9. The third-order valence-electron chi connectivity index (χ3n) is 2.80. The van der Waals surface area contributed by atoms with Gasteiger partial charge in [-0.15, -0.1) is 0 Å². The second-order valence-corrected chi connectivity index (χ2v) is 4.24. The molecule has 0 aromatic heterocycles. The molecule has 0 heterocycles. The van der Waals surface area contributed by atoms with E-state index < -0.39 is 5.60 Å². The van der Waals surface area contributed by atoms with Gasteiger partial charge in [0.05, 0.1) is 5.60 Å². The topological polar surface area (TPSA) is 32.3 Å². The van der Waals surface area contributed by atoms with Crippen molar-refractivity contribution in [2.45, 2.75) is 52.1 Å². The van der Waals surface area contributed by atoms with Gasteiger partial charge in [-0.05, 0) is 39.3 Å². The van der Waals surface area contributed by atoms with Crippen LogP contribution >= 0.6 is 0 Å². The Morgan fingerprint density at radius 2 is 1.85 bits per heavy atom. The zero-order valence-corrected chi connectivity index (χ0v) is 9.56. The van der Waals surface area contributed by atoms with Gasteiger partial charge in [0, 0.05) is 0 Å². The molecular weight excluding hydrogens is 162 g/mol. The Hall–Kier alpha value is -0.0800. The number of nitrogens with one attached hydrogen (secondary N) is 1. The molecule has 0 amide bonds. The fourth-order valence-electron chi connectivity index (χ4n) is 1.70. The summed E-state index contributed by atoms with van der Waals surface area (Å²) >= 11 is 0. The van der Waals surface area contributed by atoms with Crippen molar-refractivity contribution in [3.8, 4) is 0 Å². The van der Waals surface area contributed by atoms with Gasteiger partial charge >= 0.3 is 0 Å². The fourth-order valence-corrected chi connectivity index (χ4v) is 1.70. The van der Waals surface area contributed by atoms with Gasteiger partial charge in [0.15, 0.2) is 0 Å².